The van der Waals surface area contributed by atoms with E-state index in [1.54, 1.807) is 18.9 Å². The number of likely N-dealkylation sites (N-methyl/N-ethyl adjacent to an activating group) is 1. The number of benzene rings is 2. The van der Waals surface area contributed by atoms with Gasteiger partial charge in [0.2, 0.25) is 5.91 Å². The Morgan fingerprint density at radius 3 is 2.59 bits per heavy atom. The summed E-state index contributed by atoms with van der Waals surface area (Å²) in [5.41, 5.74) is 4.79. The number of rotatable bonds is 4. The van der Waals surface area contributed by atoms with Crippen molar-refractivity contribution in [3.8, 4) is 5.75 Å². The molecular formula is C30H37N3O3S. The molecule has 1 aliphatic carbocycles. The van der Waals surface area contributed by atoms with Crippen molar-refractivity contribution < 1.29 is 14.3 Å². The van der Waals surface area contributed by atoms with E-state index in [0.717, 1.165) is 61.7 Å². The van der Waals surface area contributed by atoms with Gasteiger partial charge in [-0.05, 0) is 74.1 Å². The lowest BCUT2D eigenvalue weighted by molar-refractivity contribution is -0.139. The third-order valence-electron chi connectivity index (χ3n) is 8.10. The van der Waals surface area contributed by atoms with Gasteiger partial charge < -0.3 is 19.4 Å². The van der Waals surface area contributed by atoms with Crippen LogP contribution in [0.2, 0.25) is 0 Å². The molecule has 5 rings (SSSR count). The molecule has 3 fully saturated rings. The summed E-state index contributed by atoms with van der Waals surface area (Å²) in [4.78, 5) is 33.9. The molecular weight excluding hydrogens is 482 g/mol. The molecule has 0 spiro atoms. The number of aryl methyl sites for hydroxylation is 2. The van der Waals surface area contributed by atoms with E-state index in [4.69, 9.17) is 4.74 Å². The molecule has 6 nitrogen and oxygen atoms in total. The van der Waals surface area contributed by atoms with Gasteiger partial charge in [0.05, 0.1) is 12.0 Å². The van der Waals surface area contributed by atoms with E-state index in [2.05, 4.69) is 41.8 Å². The van der Waals surface area contributed by atoms with Crippen molar-refractivity contribution in [3.63, 3.8) is 0 Å². The van der Waals surface area contributed by atoms with Crippen molar-refractivity contribution in [2.24, 2.45) is 5.92 Å². The lowest BCUT2D eigenvalue weighted by Gasteiger charge is -2.45. The van der Waals surface area contributed by atoms with Crippen LogP contribution in [0.3, 0.4) is 0 Å². The first-order valence-corrected chi connectivity index (χ1v) is 14.1. The van der Waals surface area contributed by atoms with Gasteiger partial charge in [0.15, 0.2) is 0 Å². The molecule has 0 bridgehead atoms. The number of thioether (sulfide) groups is 1. The molecule has 7 heteroatoms. The van der Waals surface area contributed by atoms with E-state index >= 15 is 0 Å². The first-order chi connectivity index (χ1) is 17.8. The summed E-state index contributed by atoms with van der Waals surface area (Å²) < 4.78 is 5.33. The van der Waals surface area contributed by atoms with Crippen molar-refractivity contribution in [1.82, 2.24) is 9.80 Å². The summed E-state index contributed by atoms with van der Waals surface area (Å²) in [6, 6.07) is 14.5. The number of ether oxygens (including phenoxy) is 1. The SMILES string of the molecule is COc1cccc(/C=C2\SC3CCC(C(=O)N4CCN(c5cc(C)ccc5C)CC4)CC3N(C)C2=O)c1. The van der Waals surface area contributed by atoms with E-state index in [1.165, 1.54) is 16.8 Å². The smallest absolute Gasteiger partial charge is 0.260 e. The predicted octanol–water partition coefficient (Wildman–Crippen LogP) is 4.74. The van der Waals surface area contributed by atoms with Crippen LogP contribution in [0.4, 0.5) is 5.69 Å². The lowest BCUT2D eigenvalue weighted by atomic mass is 9.83. The fourth-order valence-corrected chi connectivity index (χ4v) is 7.37. The van der Waals surface area contributed by atoms with Gasteiger partial charge >= 0.3 is 0 Å². The molecule has 0 radical (unpaired) electrons. The fourth-order valence-electron chi connectivity index (χ4n) is 5.89. The van der Waals surface area contributed by atoms with Crippen LogP contribution in [-0.4, -0.2) is 73.2 Å². The second-order valence-corrected chi connectivity index (χ2v) is 11.8. The van der Waals surface area contributed by atoms with Crippen molar-refractivity contribution >= 4 is 35.3 Å². The molecule has 2 aliphatic heterocycles. The first kappa shape index (κ1) is 25.7. The normalized spacial score (nSPS) is 25.3. The third-order valence-corrected chi connectivity index (χ3v) is 9.50. The number of carbonyl (C=O) groups is 2. The lowest BCUT2D eigenvalue weighted by Crippen LogP contribution is -2.55. The number of amides is 2. The van der Waals surface area contributed by atoms with Crippen LogP contribution in [0.15, 0.2) is 47.4 Å². The zero-order valence-corrected chi connectivity index (χ0v) is 23.1. The Balaban J connectivity index is 1.21. The zero-order valence-electron chi connectivity index (χ0n) is 22.3. The highest BCUT2D eigenvalue weighted by Crippen LogP contribution is 2.43. The minimum absolute atomic E-state index is 0.00623. The second-order valence-electron chi connectivity index (χ2n) is 10.5. The average Bonchev–Trinajstić information content (AvgIpc) is 2.92. The number of nitrogens with zero attached hydrogens (tertiary/aromatic N) is 3. The fraction of sp³-hybridized carbons (Fsp3) is 0.467. The van der Waals surface area contributed by atoms with Gasteiger partial charge in [0.25, 0.3) is 5.91 Å². The molecule has 37 heavy (non-hydrogen) atoms. The number of piperazine rings is 1. The van der Waals surface area contributed by atoms with Gasteiger partial charge in [-0.25, -0.2) is 0 Å². The maximum Gasteiger partial charge on any atom is 0.260 e. The first-order valence-electron chi connectivity index (χ1n) is 13.2. The number of carbonyl (C=O) groups excluding carboxylic acids is 2. The van der Waals surface area contributed by atoms with Crippen molar-refractivity contribution in [2.75, 3.05) is 45.2 Å². The van der Waals surface area contributed by atoms with E-state index in [1.807, 2.05) is 42.3 Å². The molecule has 196 valence electrons. The zero-order chi connectivity index (χ0) is 26.1. The Kier molecular flexibility index (Phi) is 7.52. The van der Waals surface area contributed by atoms with Gasteiger partial charge in [0, 0.05) is 56.1 Å². The molecule has 3 aliphatic rings. The Morgan fingerprint density at radius 1 is 1.05 bits per heavy atom. The number of methoxy groups -OCH3 is 1. The highest BCUT2D eigenvalue weighted by molar-refractivity contribution is 8.04. The van der Waals surface area contributed by atoms with Crippen LogP contribution < -0.4 is 9.64 Å². The summed E-state index contributed by atoms with van der Waals surface area (Å²) >= 11 is 1.68. The molecule has 0 aromatic heterocycles. The molecule has 3 atom stereocenters. The Labute approximate surface area is 224 Å². The van der Waals surface area contributed by atoms with Gasteiger partial charge in [-0.1, -0.05) is 24.3 Å². The van der Waals surface area contributed by atoms with E-state index in [9.17, 15) is 9.59 Å². The molecule has 2 heterocycles. The summed E-state index contributed by atoms with van der Waals surface area (Å²) in [6.45, 7) is 7.52. The van der Waals surface area contributed by atoms with Crippen LogP contribution in [0, 0.1) is 19.8 Å². The molecule has 0 N–H and O–H groups in total. The summed E-state index contributed by atoms with van der Waals surface area (Å²) in [7, 11) is 3.55. The van der Waals surface area contributed by atoms with E-state index in [0.29, 0.717) is 5.25 Å². The predicted molar refractivity (Wildman–Crippen MR) is 151 cm³/mol. The van der Waals surface area contributed by atoms with Gasteiger partial charge in [-0.15, -0.1) is 11.8 Å². The van der Waals surface area contributed by atoms with E-state index < -0.39 is 0 Å². The number of hydrogen-bond acceptors (Lipinski definition) is 5. The molecule has 1 saturated carbocycles. The molecule has 2 amide bonds. The maximum absolute atomic E-state index is 13.5. The van der Waals surface area contributed by atoms with Crippen LogP contribution in [0.5, 0.6) is 5.75 Å². The van der Waals surface area contributed by atoms with Crippen LogP contribution >= 0.6 is 11.8 Å². The van der Waals surface area contributed by atoms with Crippen molar-refractivity contribution in [2.45, 2.75) is 44.4 Å². The summed E-state index contributed by atoms with van der Waals surface area (Å²) in [6.07, 6.45) is 4.55. The van der Waals surface area contributed by atoms with Crippen molar-refractivity contribution in [3.05, 3.63) is 64.1 Å². The van der Waals surface area contributed by atoms with Gasteiger partial charge in [-0.2, -0.15) is 0 Å². The highest BCUT2D eigenvalue weighted by atomic mass is 32.2. The maximum atomic E-state index is 13.5. The average molecular weight is 520 g/mol. The van der Waals surface area contributed by atoms with Crippen LogP contribution in [0.25, 0.3) is 6.08 Å². The Hall–Kier alpha value is -2.93. The molecule has 2 aromatic rings. The largest absolute Gasteiger partial charge is 0.497 e. The van der Waals surface area contributed by atoms with Crippen LogP contribution in [0.1, 0.15) is 36.0 Å². The minimum Gasteiger partial charge on any atom is -0.497 e. The molecule has 2 aromatic carbocycles. The van der Waals surface area contributed by atoms with Crippen LogP contribution in [-0.2, 0) is 9.59 Å². The minimum atomic E-state index is -0.00623. The molecule has 3 unspecified atom stereocenters. The van der Waals surface area contributed by atoms with Gasteiger partial charge in [0.1, 0.15) is 5.75 Å². The topological polar surface area (TPSA) is 53.1 Å². The van der Waals surface area contributed by atoms with Gasteiger partial charge in [-0.3, -0.25) is 9.59 Å². The Morgan fingerprint density at radius 2 is 1.84 bits per heavy atom. The Bertz CT molecular complexity index is 1200. The monoisotopic (exact) mass is 519 g/mol. The van der Waals surface area contributed by atoms with Crippen molar-refractivity contribution in [1.29, 1.82) is 0 Å². The third kappa shape index (κ3) is 5.37. The second kappa shape index (κ2) is 10.8. The highest BCUT2D eigenvalue weighted by Gasteiger charge is 2.43. The molecule has 2 saturated heterocycles. The number of anilines is 1. The number of hydrogen-bond donors (Lipinski definition) is 0. The van der Waals surface area contributed by atoms with E-state index in [-0.39, 0.29) is 23.8 Å². The summed E-state index contributed by atoms with van der Waals surface area (Å²) in [5, 5.41) is 0.324. The quantitative estimate of drug-likeness (QED) is 0.546. The summed E-state index contributed by atoms with van der Waals surface area (Å²) in [5.74, 6) is 1.09. The number of fused-ring (bicyclic) bond motifs is 1. The standard InChI is InChI=1S/C30H37N3O3S/c1-20-8-9-21(2)25(16-20)32-12-14-33(15-13-32)29(34)23-10-11-27-26(19-23)31(3)30(35)28(37-27)18-22-6-5-7-24(17-22)36-4/h5-9,16-18,23,26-27H,10-15,19H2,1-4H3/b28-18-.